The molecule has 7 heteroatoms. The number of amides is 2. The van der Waals surface area contributed by atoms with E-state index in [4.69, 9.17) is 11.6 Å². The molecular weight excluding hydrogens is 334 g/mol. The molecule has 2 amide bonds. The molecule has 0 radical (unpaired) electrons. The van der Waals surface area contributed by atoms with E-state index in [9.17, 15) is 9.59 Å². The third-order valence-corrected chi connectivity index (χ3v) is 4.75. The van der Waals surface area contributed by atoms with Crippen molar-refractivity contribution in [2.24, 2.45) is 0 Å². The van der Waals surface area contributed by atoms with Gasteiger partial charge in [0.1, 0.15) is 0 Å². The summed E-state index contributed by atoms with van der Waals surface area (Å²) in [5.41, 5.74) is 0. The van der Waals surface area contributed by atoms with E-state index in [0.29, 0.717) is 30.0 Å². The summed E-state index contributed by atoms with van der Waals surface area (Å²) < 4.78 is 0.713. The van der Waals surface area contributed by atoms with Crippen molar-refractivity contribution < 1.29 is 14.5 Å². The number of thiophene rings is 1. The van der Waals surface area contributed by atoms with E-state index < -0.39 is 0 Å². The van der Waals surface area contributed by atoms with Crippen LogP contribution in [0.1, 0.15) is 17.7 Å². The highest BCUT2D eigenvalue weighted by molar-refractivity contribution is 7.16. The molecule has 1 aliphatic rings. The van der Waals surface area contributed by atoms with E-state index in [-0.39, 0.29) is 18.4 Å². The van der Waals surface area contributed by atoms with Crippen molar-refractivity contribution in [2.75, 3.05) is 26.7 Å². The molecule has 0 spiro atoms. The summed E-state index contributed by atoms with van der Waals surface area (Å²) >= 11 is 7.40. The normalized spacial score (nSPS) is 15.0. The van der Waals surface area contributed by atoms with Gasteiger partial charge in [-0.1, -0.05) is 17.7 Å². The molecule has 2 N–H and O–H groups in total. The molecule has 2 rings (SSSR count). The molecule has 1 atom stereocenters. The van der Waals surface area contributed by atoms with Crippen LogP contribution in [0.4, 0.5) is 0 Å². The second-order valence-corrected chi connectivity index (χ2v) is 7.72. The van der Waals surface area contributed by atoms with Gasteiger partial charge in [-0.3, -0.25) is 9.59 Å². The number of nitrogens with one attached hydrogen (secondary N) is 2. The summed E-state index contributed by atoms with van der Waals surface area (Å²) in [5.74, 6) is 0.0178. The predicted octanol–water partition coefficient (Wildman–Crippen LogP) is 0.709. The number of halogens is 1. The zero-order chi connectivity index (χ0) is 16.8. The zero-order valence-corrected chi connectivity index (χ0v) is 14.9. The predicted molar refractivity (Wildman–Crippen MR) is 92.7 cm³/mol. The fourth-order valence-corrected chi connectivity index (χ4v) is 3.35. The van der Waals surface area contributed by atoms with Gasteiger partial charge in [0.25, 0.3) is 11.8 Å². The van der Waals surface area contributed by atoms with Crippen LogP contribution in [0.15, 0.2) is 24.8 Å². The average molecular weight is 357 g/mol. The third kappa shape index (κ3) is 6.33. The molecule has 1 fully saturated rings. The molecule has 1 saturated carbocycles. The fourth-order valence-electron chi connectivity index (χ4n) is 2.25. The lowest BCUT2D eigenvalue weighted by molar-refractivity contribution is -0.863. The quantitative estimate of drug-likeness (QED) is 0.640. The van der Waals surface area contributed by atoms with Gasteiger partial charge in [0.2, 0.25) is 0 Å². The minimum absolute atomic E-state index is 0.00569. The van der Waals surface area contributed by atoms with Crippen molar-refractivity contribution in [3.8, 4) is 0 Å². The lowest BCUT2D eigenvalue weighted by Gasteiger charge is -2.22. The van der Waals surface area contributed by atoms with E-state index in [1.54, 1.807) is 11.0 Å². The van der Waals surface area contributed by atoms with Gasteiger partial charge in [-0.15, -0.1) is 17.9 Å². The van der Waals surface area contributed by atoms with Crippen LogP contribution in [-0.2, 0) is 16.1 Å². The number of quaternary nitrogens is 1. The number of nitrogens with zero attached hydrogens (tertiary/aromatic N) is 1. The summed E-state index contributed by atoms with van der Waals surface area (Å²) in [6.45, 7) is 5.31. The minimum Gasteiger partial charge on any atom is -0.348 e. The Hall–Kier alpha value is -1.37. The van der Waals surface area contributed by atoms with E-state index in [1.807, 2.05) is 19.2 Å². The molecule has 0 aromatic carbocycles. The van der Waals surface area contributed by atoms with Gasteiger partial charge in [-0.05, 0) is 25.0 Å². The van der Waals surface area contributed by atoms with Crippen molar-refractivity contribution in [1.82, 2.24) is 10.2 Å². The van der Waals surface area contributed by atoms with Crippen LogP contribution in [0.2, 0.25) is 4.34 Å². The van der Waals surface area contributed by atoms with Crippen LogP contribution in [0.25, 0.3) is 0 Å². The zero-order valence-electron chi connectivity index (χ0n) is 13.3. The second kappa shape index (κ2) is 8.47. The highest BCUT2D eigenvalue weighted by atomic mass is 35.5. The van der Waals surface area contributed by atoms with Gasteiger partial charge in [0.15, 0.2) is 13.1 Å². The van der Waals surface area contributed by atoms with Gasteiger partial charge in [0.05, 0.1) is 17.9 Å². The maximum atomic E-state index is 12.5. The molecule has 5 nitrogen and oxygen atoms in total. The summed E-state index contributed by atoms with van der Waals surface area (Å²) in [6, 6.07) is 4.11. The first-order chi connectivity index (χ1) is 11.0. The SMILES string of the molecule is C=CCN(Cc1ccc(Cl)s1)C(=O)C[NH+](C)CC(=O)NC1CC1. The molecule has 1 aromatic rings. The minimum atomic E-state index is 0.00569. The molecule has 1 heterocycles. The number of rotatable bonds is 9. The summed E-state index contributed by atoms with van der Waals surface area (Å²) in [4.78, 5) is 27.9. The van der Waals surface area contributed by atoms with Crippen molar-refractivity contribution in [3.05, 3.63) is 34.0 Å². The van der Waals surface area contributed by atoms with Gasteiger partial charge in [-0.2, -0.15) is 0 Å². The second-order valence-electron chi connectivity index (χ2n) is 5.92. The van der Waals surface area contributed by atoms with Gasteiger partial charge >= 0.3 is 0 Å². The monoisotopic (exact) mass is 356 g/mol. The van der Waals surface area contributed by atoms with Crippen LogP contribution in [0.5, 0.6) is 0 Å². The van der Waals surface area contributed by atoms with Gasteiger partial charge in [0, 0.05) is 17.5 Å². The Kier molecular flexibility index (Phi) is 6.62. The molecule has 0 bridgehead atoms. The van der Waals surface area contributed by atoms with Crippen LogP contribution in [-0.4, -0.2) is 49.4 Å². The smallest absolute Gasteiger partial charge is 0.278 e. The molecule has 1 aromatic heterocycles. The fraction of sp³-hybridized carbons (Fsp3) is 0.500. The van der Waals surface area contributed by atoms with E-state index in [0.717, 1.165) is 22.6 Å². The number of hydrogen-bond donors (Lipinski definition) is 2. The van der Waals surface area contributed by atoms with Crippen molar-refractivity contribution in [1.29, 1.82) is 0 Å². The Bertz CT molecular complexity index is 571. The molecule has 0 saturated heterocycles. The first kappa shape index (κ1) is 18.0. The topological polar surface area (TPSA) is 53.9 Å². The third-order valence-electron chi connectivity index (χ3n) is 3.54. The van der Waals surface area contributed by atoms with E-state index in [2.05, 4.69) is 11.9 Å². The van der Waals surface area contributed by atoms with Crippen molar-refractivity contribution in [2.45, 2.75) is 25.4 Å². The van der Waals surface area contributed by atoms with E-state index >= 15 is 0 Å². The molecule has 0 aliphatic heterocycles. The molecular formula is C16H23ClN3O2S+. The Morgan fingerprint density at radius 2 is 2.22 bits per heavy atom. The molecule has 23 heavy (non-hydrogen) atoms. The Morgan fingerprint density at radius 1 is 1.48 bits per heavy atom. The first-order valence-corrected chi connectivity index (χ1v) is 8.91. The summed E-state index contributed by atoms with van der Waals surface area (Å²) in [5, 5.41) is 2.94. The largest absolute Gasteiger partial charge is 0.348 e. The Balaban J connectivity index is 1.83. The van der Waals surface area contributed by atoms with Crippen LogP contribution in [0.3, 0.4) is 0 Å². The maximum absolute atomic E-state index is 12.5. The summed E-state index contributed by atoms with van der Waals surface area (Å²) in [6.07, 6.45) is 3.85. The number of carbonyl (C=O) groups excluding carboxylic acids is 2. The highest BCUT2D eigenvalue weighted by Crippen LogP contribution is 2.22. The summed E-state index contributed by atoms with van der Waals surface area (Å²) in [7, 11) is 1.86. The van der Waals surface area contributed by atoms with Crippen LogP contribution < -0.4 is 10.2 Å². The maximum Gasteiger partial charge on any atom is 0.278 e. The number of carbonyl (C=O) groups is 2. The lowest BCUT2D eigenvalue weighted by Crippen LogP contribution is -3.11. The number of likely N-dealkylation sites (N-methyl/N-ethyl adjacent to an activating group) is 1. The highest BCUT2D eigenvalue weighted by Gasteiger charge is 2.25. The molecule has 1 aliphatic carbocycles. The first-order valence-electron chi connectivity index (χ1n) is 7.71. The standard InChI is InChI=1S/C16H22ClN3O2S/c1-3-8-20(9-13-6-7-14(17)23-13)16(22)11-19(2)10-15(21)18-12-4-5-12/h3,6-7,12H,1,4-5,8-11H2,2H3,(H,18,21)/p+1. The van der Waals surface area contributed by atoms with Crippen LogP contribution >= 0.6 is 22.9 Å². The van der Waals surface area contributed by atoms with Gasteiger partial charge in [-0.25, -0.2) is 0 Å². The average Bonchev–Trinajstić information content (AvgIpc) is 3.18. The van der Waals surface area contributed by atoms with Gasteiger partial charge < -0.3 is 15.1 Å². The Morgan fingerprint density at radius 3 is 2.78 bits per heavy atom. The molecule has 1 unspecified atom stereocenters. The number of hydrogen-bond acceptors (Lipinski definition) is 3. The van der Waals surface area contributed by atoms with Crippen LogP contribution in [0, 0.1) is 0 Å². The Labute approximate surface area is 145 Å². The molecule has 126 valence electrons. The lowest BCUT2D eigenvalue weighted by atomic mass is 10.3. The van der Waals surface area contributed by atoms with E-state index in [1.165, 1.54) is 11.3 Å². The van der Waals surface area contributed by atoms with Crippen molar-refractivity contribution >= 4 is 34.8 Å². The van der Waals surface area contributed by atoms with Crippen molar-refractivity contribution in [3.63, 3.8) is 0 Å².